The van der Waals surface area contributed by atoms with Crippen LogP contribution in [0, 0.1) is 28.1 Å². The molecule has 0 bridgehead atoms. The van der Waals surface area contributed by atoms with Crippen molar-refractivity contribution in [2.75, 3.05) is 26.4 Å². The Kier molecular flexibility index (Phi) is 26.6. The molecule has 0 saturated heterocycles. The van der Waals surface area contributed by atoms with Gasteiger partial charge in [0.1, 0.15) is 0 Å². The van der Waals surface area contributed by atoms with E-state index in [4.69, 9.17) is 9.47 Å². The normalized spacial score (nSPS) is 11.4. The van der Waals surface area contributed by atoms with Crippen LogP contribution in [0.25, 0.3) is 0 Å². The maximum Gasteiger partial charge on any atom is 0.0629 e. The van der Waals surface area contributed by atoms with Gasteiger partial charge in [0.2, 0.25) is 0 Å². The molecule has 0 radical (unpaired) electrons. The monoisotopic (exact) mass is 490 g/mol. The van der Waals surface area contributed by atoms with Crippen molar-refractivity contribution in [2.45, 2.75) is 155 Å². The van der Waals surface area contributed by atoms with Crippen LogP contribution in [0.1, 0.15) is 155 Å². The fraction of sp³-hybridized carbons (Fsp3) is 0.935. The molecule has 0 rings (SSSR count). The smallest absolute Gasteiger partial charge is 0.0629 e. The van der Waals surface area contributed by atoms with Crippen LogP contribution in [-0.4, -0.2) is 26.4 Å². The predicted molar refractivity (Wildman–Crippen MR) is 148 cm³/mol. The molecule has 0 aromatic carbocycles. The van der Waals surface area contributed by atoms with Crippen molar-refractivity contribution in [2.24, 2.45) is 5.41 Å². The van der Waals surface area contributed by atoms with Crippen LogP contribution in [0.5, 0.6) is 0 Å². The summed E-state index contributed by atoms with van der Waals surface area (Å²) >= 11 is 0. The lowest BCUT2D eigenvalue weighted by atomic mass is 9.83. The average Bonchev–Trinajstić information content (AvgIpc) is 2.85. The summed E-state index contributed by atoms with van der Waals surface area (Å²) in [6.07, 6.45) is 26.8. The Morgan fingerprint density at radius 3 is 1.03 bits per heavy atom. The summed E-state index contributed by atoms with van der Waals surface area (Å²) in [5, 5.41) is 18.7. The summed E-state index contributed by atoms with van der Waals surface area (Å²) in [7, 11) is 0. The molecule has 0 aromatic rings. The van der Waals surface area contributed by atoms with Crippen molar-refractivity contribution in [1.29, 1.82) is 10.5 Å². The van der Waals surface area contributed by atoms with E-state index in [1.807, 2.05) is 0 Å². The topological polar surface area (TPSA) is 66.0 Å². The highest BCUT2D eigenvalue weighted by atomic mass is 16.5. The number of unbranched alkanes of at least 4 members (excludes halogenated alkanes) is 18. The summed E-state index contributed by atoms with van der Waals surface area (Å²) in [6, 6.07) is 4.54. The van der Waals surface area contributed by atoms with Crippen molar-refractivity contribution in [3.63, 3.8) is 0 Å². The van der Waals surface area contributed by atoms with Gasteiger partial charge in [-0.25, -0.2) is 0 Å². The van der Waals surface area contributed by atoms with Crippen LogP contribution in [0.2, 0.25) is 0 Å². The van der Waals surface area contributed by atoms with Crippen LogP contribution in [-0.2, 0) is 9.47 Å². The van der Waals surface area contributed by atoms with Gasteiger partial charge in [-0.3, -0.25) is 0 Å². The van der Waals surface area contributed by atoms with Crippen molar-refractivity contribution in [3.8, 4) is 12.1 Å². The molecular formula is C31H58N2O2. The first-order valence-corrected chi connectivity index (χ1v) is 15.1. The van der Waals surface area contributed by atoms with E-state index >= 15 is 0 Å². The number of hydrogen-bond acceptors (Lipinski definition) is 4. The number of hydrogen-bond donors (Lipinski definition) is 0. The molecule has 0 atom stereocenters. The molecule has 0 spiro atoms. The first-order valence-electron chi connectivity index (χ1n) is 15.1. The molecule has 4 heteroatoms. The molecular weight excluding hydrogens is 432 g/mol. The van der Waals surface area contributed by atoms with Gasteiger partial charge < -0.3 is 9.47 Å². The van der Waals surface area contributed by atoms with Gasteiger partial charge in [0.15, 0.2) is 0 Å². The lowest BCUT2D eigenvalue weighted by molar-refractivity contribution is -0.0200. The van der Waals surface area contributed by atoms with Gasteiger partial charge in [-0.05, 0) is 12.8 Å². The third-order valence-corrected chi connectivity index (χ3v) is 7.01. The predicted octanol–water partition coefficient (Wildman–Crippen LogP) is 9.68. The minimum atomic E-state index is -0.486. The summed E-state index contributed by atoms with van der Waals surface area (Å²) < 4.78 is 11.9. The highest BCUT2D eigenvalue weighted by molar-refractivity contribution is 4.95. The molecule has 0 aliphatic carbocycles. The summed E-state index contributed by atoms with van der Waals surface area (Å²) in [4.78, 5) is 0. The number of nitrogens with zero attached hydrogens (tertiary/aromatic N) is 2. The number of nitriles is 2. The highest BCUT2D eigenvalue weighted by Crippen LogP contribution is 2.27. The maximum absolute atomic E-state index is 9.34. The SMILES string of the molecule is CCCCCCCCCCCCOCC(CC#N)(CC#N)COCCCCCCCCCCCC. The number of ether oxygens (including phenoxy) is 2. The minimum absolute atomic E-state index is 0.316. The third-order valence-electron chi connectivity index (χ3n) is 7.01. The zero-order chi connectivity index (χ0) is 25.7. The van der Waals surface area contributed by atoms with Crippen LogP contribution in [0.4, 0.5) is 0 Å². The first kappa shape index (κ1) is 33.9. The summed E-state index contributed by atoms with van der Waals surface area (Å²) in [5.41, 5.74) is -0.486. The van der Waals surface area contributed by atoms with Crippen molar-refractivity contribution in [1.82, 2.24) is 0 Å². The molecule has 0 aromatic heterocycles. The molecule has 0 N–H and O–H groups in total. The second-order valence-electron chi connectivity index (χ2n) is 10.6. The molecule has 0 aliphatic rings. The van der Waals surface area contributed by atoms with E-state index in [9.17, 15) is 10.5 Å². The van der Waals surface area contributed by atoms with Gasteiger partial charge in [0.05, 0.1) is 25.4 Å². The van der Waals surface area contributed by atoms with E-state index in [0.29, 0.717) is 39.3 Å². The van der Waals surface area contributed by atoms with E-state index in [1.165, 1.54) is 116 Å². The Balaban J connectivity index is 3.87. The molecule has 204 valence electrons. The Morgan fingerprint density at radius 1 is 0.457 bits per heavy atom. The van der Waals surface area contributed by atoms with E-state index in [-0.39, 0.29) is 0 Å². The van der Waals surface area contributed by atoms with Gasteiger partial charge in [-0.2, -0.15) is 10.5 Å². The van der Waals surface area contributed by atoms with Crippen molar-refractivity contribution in [3.05, 3.63) is 0 Å². The second kappa shape index (κ2) is 27.5. The van der Waals surface area contributed by atoms with Crippen LogP contribution in [0.15, 0.2) is 0 Å². The van der Waals surface area contributed by atoms with Gasteiger partial charge in [0.25, 0.3) is 0 Å². The summed E-state index contributed by atoms with van der Waals surface area (Å²) in [6.45, 7) is 6.85. The molecule has 0 aliphatic heterocycles. The maximum atomic E-state index is 9.34. The van der Waals surface area contributed by atoms with E-state index < -0.39 is 5.41 Å². The largest absolute Gasteiger partial charge is 0.381 e. The molecule has 4 nitrogen and oxygen atoms in total. The van der Waals surface area contributed by atoms with E-state index in [1.54, 1.807) is 0 Å². The quantitative estimate of drug-likeness (QED) is 0.102. The average molecular weight is 491 g/mol. The van der Waals surface area contributed by atoms with Crippen LogP contribution in [0.3, 0.4) is 0 Å². The fourth-order valence-electron chi connectivity index (χ4n) is 4.60. The second-order valence-corrected chi connectivity index (χ2v) is 10.6. The van der Waals surface area contributed by atoms with Gasteiger partial charge in [-0.15, -0.1) is 0 Å². The zero-order valence-electron chi connectivity index (χ0n) is 23.6. The Hall–Kier alpha value is -1.10. The van der Waals surface area contributed by atoms with Gasteiger partial charge in [-0.1, -0.05) is 129 Å². The van der Waals surface area contributed by atoms with Gasteiger partial charge >= 0.3 is 0 Å². The standard InChI is InChI=1S/C31H58N2O2/c1-3-5-7-9-11-13-15-17-19-21-27-34-29-31(23-25-32,24-26-33)30-35-28-22-20-18-16-14-12-10-8-6-4-2/h3-24,27-30H2,1-2H3. The molecule has 0 saturated carbocycles. The fourth-order valence-corrected chi connectivity index (χ4v) is 4.60. The zero-order valence-corrected chi connectivity index (χ0v) is 23.6. The van der Waals surface area contributed by atoms with Crippen molar-refractivity contribution >= 4 is 0 Å². The Labute approximate surface area is 219 Å². The van der Waals surface area contributed by atoms with Crippen LogP contribution < -0.4 is 0 Å². The van der Waals surface area contributed by atoms with E-state index in [0.717, 1.165) is 12.8 Å². The Morgan fingerprint density at radius 2 is 0.743 bits per heavy atom. The van der Waals surface area contributed by atoms with Crippen molar-refractivity contribution < 1.29 is 9.47 Å². The molecule has 35 heavy (non-hydrogen) atoms. The number of rotatable bonds is 28. The van der Waals surface area contributed by atoms with Gasteiger partial charge in [0, 0.05) is 31.5 Å². The summed E-state index contributed by atoms with van der Waals surface area (Å²) in [5.74, 6) is 0. The molecule has 0 heterocycles. The lowest BCUT2D eigenvalue weighted by Gasteiger charge is -2.28. The lowest BCUT2D eigenvalue weighted by Crippen LogP contribution is -2.32. The Bertz CT molecular complexity index is 463. The highest BCUT2D eigenvalue weighted by Gasteiger charge is 2.31. The minimum Gasteiger partial charge on any atom is -0.381 e. The third kappa shape index (κ3) is 23.1. The molecule has 0 amide bonds. The first-order chi connectivity index (χ1) is 17.2. The molecule has 0 unspecified atom stereocenters. The van der Waals surface area contributed by atoms with Crippen LogP contribution >= 0.6 is 0 Å². The van der Waals surface area contributed by atoms with E-state index in [2.05, 4.69) is 26.0 Å². The molecule has 0 fully saturated rings.